The highest BCUT2D eigenvalue weighted by Crippen LogP contribution is 2.14. The Balaban J connectivity index is 2.84. The molecular formula is C12H13BrF3NO. The topological polar surface area (TPSA) is 29.1 Å². The van der Waals surface area contributed by atoms with Crippen LogP contribution >= 0.6 is 15.9 Å². The summed E-state index contributed by atoms with van der Waals surface area (Å²) in [5, 5.41) is 3.34. The Bertz CT molecular complexity index is 416. The Morgan fingerprint density at radius 3 is 2.33 bits per heavy atom. The van der Waals surface area contributed by atoms with Crippen LogP contribution in [-0.2, 0) is 0 Å². The maximum atomic E-state index is 13.0. The zero-order chi connectivity index (χ0) is 13.7. The van der Waals surface area contributed by atoms with E-state index in [1.807, 2.05) is 6.92 Å². The van der Waals surface area contributed by atoms with Crippen LogP contribution in [0.5, 0.6) is 0 Å². The van der Waals surface area contributed by atoms with Crippen LogP contribution in [0, 0.1) is 17.5 Å². The van der Waals surface area contributed by atoms with Gasteiger partial charge in [-0.25, -0.2) is 13.2 Å². The van der Waals surface area contributed by atoms with Gasteiger partial charge in [0.1, 0.15) is 0 Å². The van der Waals surface area contributed by atoms with Crippen molar-refractivity contribution in [3.05, 3.63) is 35.1 Å². The van der Waals surface area contributed by atoms with Gasteiger partial charge in [-0.3, -0.25) is 4.79 Å². The second-order valence-corrected chi connectivity index (χ2v) is 4.60. The second kappa shape index (κ2) is 6.78. The summed E-state index contributed by atoms with van der Waals surface area (Å²) in [6, 6.07) is 1.29. The summed E-state index contributed by atoms with van der Waals surface area (Å²) in [6.07, 6.45) is 1.40. The van der Waals surface area contributed by atoms with E-state index in [0.717, 1.165) is 0 Å². The van der Waals surface area contributed by atoms with Gasteiger partial charge in [-0.05, 0) is 25.0 Å². The lowest BCUT2D eigenvalue weighted by molar-refractivity contribution is 0.0934. The fraction of sp³-hybridized carbons (Fsp3) is 0.417. The van der Waals surface area contributed by atoms with E-state index in [4.69, 9.17) is 0 Å². The van der Waals surface area contributed by atoms with Gasteiger partial charge in [-0.15, -0.1) is 0 Å². The molecule has 1 rings (SSSR count). The zero-order valence-corrected chi connectivity index (χ0v) is 11.4. The minimum Gasteiger partial charge on any atom is -0.349 e. The fourth-order valence-electron chi connectivity index (χ4n) is 1.47. The highest BCUT2D eigenvalue weighted by atomic mass is 79.9. The van der Waals surface area contributed by atoms with Crippen LogP contribution in [0.4, 0.5) is 13.2 Å². The number of halogens is 4. The van der Waals surface area contributed by atoms with Gasteiger partial charge >= 0.3 is 0 Å². The maximum Gasteiger partial charge on any atom is 0.251 e. The summed E-state index contributed by atoms with van der Waals surface area (Å²) in [6.45, 7) is 1.89. The first-order valence-electron chi connectivity index (χ1n) is 5.51. The lowest BCUT2D eigenvalue weighted by atomic mass is 10.1. The third-order valence-electron chi connectivity index (χ3n) is 2.53. The molecule has 0 bridgehead atoms. The molecule has 1 unspecified atom stereocenters. The number of carbonyl (C=O) groups excluding carboxylic acids is 1. The first kappa shape index (κ1) is 15.0. The second-order valence-electron chi connectivity index (χ2n) is 3.81. The minimum absolute atomic E-state index is 0.0898. The van der Waals surface area contributed by atoms with Crippen molar-refractivity contribution in [2.45, 2.75) is 25.8 Å². The standard InChI is InChI=1S/C12H13BrF3NO/c1-2-8(3-4-13)17-12(18)7-5-9(14)11(16)10(15)6-7/h5-6,8H,2-4H2,1H3,(H,17,18). The zero-order valence-electron chi connectivity index (χ0n) is 9.77. The van der Waals surface area contributed by atoms with Crippen LogP contribution in [0.15, 0.2) is 12.1 Å². The molecule has 1 atom stereocenters. The molecule has 2 nitrogen and oxygen atoms in total. The maximum absolute atomic E-state index is 13.0. The van der Waals surface area contributed by atoms with Gasteiger partial charge < -0.3 is 5.32 Å². The van der Waals surface area contributed by atoms with E-state index in [1.54, 1.807) is 0 Å². The van der Waals surface area contributed by atoms with E-state index in [-0.39, 0.29) is 11.6 Å². The van der Waals surface area contributed by atoms with Crippen molar-refractivity contribution in [2.24, 2.45) is 0 Å². The lowest BCUT2D eigenvalue weighted by Gasteiger charge is -2.15. The number of amides is 1. The number of rotatable bonds is 5. The molecule has 1 N–H and O–H groups in total. The highest BCUT2D eigenvalue weighted by Gasteiger charge is 2.17. The molecule has 0 heterocycles. The van der Waals surface area contributed by atoms with Crippen LogP contribution in [0.3, 0.4) is 0 Å². The number of hydrogen-bond donors (Lipinski definition) is 1. The average molecular weight is 324 g/mol. The Morgan fingerprint density at radius 1 is 1.33 bits per heavy atom. The van der Waals surface area contributed by atoms with E-state index in [1.165, 1.54) is 0 Å². The van der Waals surface area contributed by atoms with E-state index >= 15 is 0 Å². The summed E-state index contributed by atoms with van der Waals surface area (Å²) < 4.78 is 38.7. The minimum atomic E-state index is -1.57. The molecule has 0 spiro atoms. The lowest BCUT2D eigenvalue weighted by Crippen LogP contribution is -2.34. The van der Waals surface area contributed by atoms with Crippen molar-refractivity contribution in [1.29, 1.82) is 0 Å². The summed E-state index contributed by atoms with van der Waals surface area (Å²) in [5.41, 5.74) is -0.223. The van der Waals surface area contributed by atoms with Gasteiger partial charge in [0.15, 0.2) is 17.5 Å². The highest BCUT2D eigenvalue weighted by molar-refractivity contribution is 9.09. The van der Waals surface area contributed by atoms with Crippen LogP contribution < -0.4 is 5.32 Å². The largest absolute Gasteiger partial charge is 0.349 e. The molecule has 0 aromatic heterocycles. The molecule has 1 aromatic rings. The van der Waals surface area contributed by atoms with Crippen LogP contribution in [0.25, 0.3) is 0 Å². The number of carbonyl (C=O) groups is 1. The molecule has 0 radical (unpaired) electrons. The molecule has 0 aliphatic heterocycles. The average Bonchev–Trinajstić information content (AvgIpc) is 2.34. The smallest absolute Gasteiger partial charge is 0.251 e. The van der Waals surface area contributed by atoms with Crippen molar-refractivity contribution in [3.8, 4) is 0 Å². The van der Waals surface area contributed by atoms with Gasteiger partial charge in [0.2, 0.25) is 0 Å². The molecule has 0 aliphatic carbocycles. The van der Waals surface area contributed by atoms with Crippen molar-refractivity contribution in [1.82, 2.24) is 5.32 Å². The third-order valence-corrected chi connectivity index (χ3v) is 2.99. The Hall–Kier alpha value is -1.04. The summed E-state index contributed by atoms with van der Waals surface area (Å²) in [5.74, 6) is -4.91. The molecule has 1 amide bonds. The molecule has 100 valence electrons. The van der Waals surface area contributed by atoms with Crippen molar-refractivity contribution in [2.75, 3.05) is 5.33 Å². The van der Waals surface area contributed by atoms with E-state index in [0.29, 0.717) is 30.3 Å². The van der Waals surface area contributed by atoms with Crippen LogP contribution in [-0.4, -0.2) is 17.3 Å². The fourth-order valence-corrected chi connectivity index (χ4v) is 2.02. The Morgan fingerprint density at radius 2 is 1.89 bits per heavy atom. The molecule has 18 heavy (non-hydrogen) atoms. The predicted molar refractivity (Wildman–Crippen MR) is 66.3 cm³/mol. The van der Waals surface area contributed by atoms with E-state index < -0.39 is 23.4 Å². The molecule has 0 saturated heterocycles. The number of alkyl halides is 1. The summed E-state index contributed by atoms with van der Waals surface area (Å²) >= 11 is 3.25. The summed E-state index contributed by atoms with van der Waals surface area (Å²) in [4.78, 5) is 11.7. The molecule has 0 saturated carbocycles. The van der Waals surface area contributed by atoms with Gasteiger partial charge in [-0.1, -0.05) is 22.9 Å². The normalized spacial score (nSPS) is 12.3. The quantitative estimate of drug-likeness (QED) is 0.653. The predicted octanol–water partition coefficient (Wildman–Crippen LogP) is 3.40. The molecule has 0 fully saturated rings. The molecule has 6 heteroatoms. The number of nitrogens with one attached hydrogen (secondary N) is 1. The third kappa shape index (κ3) is 3.73. The Kier molecular flexibility index (Phi) is 5.65. The van der Waals surface area contributed by atoms with Crippen molar-refractivity contribution >= 4 is 21.8 Å². The monoisotopic (exact) mass is 323 g/mol. The van der Waals surface area contributed by atoms with Gasteiger partial charge in [0, 0.05) is 16.9 Å². The van der Waals surface area contributed by atoms with Crippen LogP contribution in [0.1, 0.15) is 30.1 Å². The van der Waals surface area contributed by atoms with Crippen molar-refractivity contribution in [3.63, 3.8) is 0 Å². The summed E-state index contributed by atoms with van der Waals surface area (Å²) in [7, 11) is 0. The Labute approximate surface area is 112 Å². The van der Waals surface area contributed by atoms with Crippen molar-refractivity contribution < 1.29 is 18.0 Å². The first-order chi connectivity index (χ1) is 8.49. The van der Waals surface area contributed by atoms with Gasteiger partial charge in [0.05, 0.1) is 0 Å². The number of benzene rings is 1. The van der Waals surface area contributed by atoms with Gasteiger partial charge in [-0.2, -0.15) is 0 Å². The first-order valence-corrected chi connectivity index (χ1v) is 6.63. The molecule has 1 aromatic carbocycles. The SMILES string of the molecule is CCC(CCBr)NC(=O)c1cc(F)c(F)c(F)c1. The number of hydrogen-bond acceptors (Lipinski definition) is 1. The van der Waals surface area contributed by atoms with E-state index in [9.17, 15) is 18.0 Å². The molecule has 0 aliphatic rings. The van der Waals surface area contributed by atoms with Gasteiger partial charge in [0.25, 0.3) is 5.91 Å². The van der Waals surface area contributed by atoms with E-state index in [2.05, 4.69) is 21.2 Å². The van der Waals surface area contributed by atoms with Crippen LogP contribution in [0.2, 0.25) is 0 Å². The molecular weight excluding hydrogens is 311 g/mol.